The van der Waals surface area contributed by atoms with E-state index in [9.17, 15) is 4.79 Å². The highest BCUT2D eigenvalue weighted by Gasteiger charge is 2.27. The van der Waals surface area contributed by atoms with E-state index < -0.39 is 0 Å². The van der Waals surface area contributed by atoms with E-state index in [-0.39, 0.29) is 11.4 Å². The summed E-state index contributed by atoms with van der Waals surface area (Å²) in [5.74, 6) is -0.119. The average Bonchev–Trinajstić information content (AvgIpc) is 2.11. The quantitative estimate of drug-likeness (QED) is 0.360. The fourth-order valence-electron chi connectivity index (χ4n) is 1.23. The summed E-state index contributed by atoms with van der Waals surface area (Å²) < 4.78 is 4.71. The van der Waals surface area contributed by atoms with Gasteiger partial charge in [0, 0.05) is 0 Å². The van der Waals surface area contributed by atoms with Gasteiger partial charge in [-0.05, 0) is 33.1 Å². The molecule has 0 saturated heterocycles. The van der Waals surface area contributed by atoms with E-state index in [4.69, 9.17) is 4.74 Å². The van der Waals surface area contributed by atoms with Gasteiger partial charge in [0.15, 0.2) is 0 Å². The van der Waals surface area contributed by atoms with Gasteiger partial charge in [0.25, 0.3) is 0 Å². The van der Waals surface area contributed by atoms with E-state index in [2.05, 4.69) is 6.58 Å². The summed E-state index contributed by atoms with van der Waals surface area (Å²) in [6.07, 6.45) is 5.97. The van der Waals surface area contributed by atoms with Crippen molar-refractivity contribution in [2.24, 2.45) is 5.41 Å². The predicted molar refractivity (Wildman–Crippen MR) is 54.5 cm³/mol. The largest absolute Gasteiger partial charge is 0.469 e. The lowest BCUT2D eigenvalue weighted by atomic mass is 9.87. The maximum atomic E-state index is 11.3. The SMILES string of the molecule is C=CCCCCC(C)(C)C(=O)OC. The normalized spacial score (nSPS) is 11.0. The van der Waals surface area contributed by atoms with Crippen LogP contribution in [0.25, 0.3) is 0 Å². The molecule has 0 unspecified atom stereocenters. The van der Waals surface area contributed by atoms with Crippen LogP contribution in [0.5, 0.6) is 0 Å². The maximum absolute atomic E-state index is 11.3. The minimum absolute atomic E-state index is 0.119. The van der Waals surface area contributed by atoms with Crippen molar-refractivity contribution in [2.75, 3.05) is 7.11 Å². The zero-order valence-electron chi connectivity index (χ0n) is 8.93. The molecule has 0 rings (SSSR count). The Labute approximate surface area is 81.0 Å². The summed E-state index contributed by atoms with van der Waals surface area (Å²) in [6, 6.07) is 0. The van der Waals surface area contributed by atoms with Crippen molar-refractivity contribution in [1.29, 1.82) is 0 Å². The summed E-state index contributed by atoms with van der Waals surface area (Å²) in [5.41, 5.74) is -0.337. The Morgan fingerprint density at radius 1 is 1.46 bits per heavy atom. The van der Waals surface area contributed by atoms with Gasteiger partial charge in [-0.2, -0.15) is 0 Å². The van der Waals surface area contributed by atoms with E-state index in [1.807, 2.05) is 19.9 Å². The molecule has 0 amide bonds. The Morgan fingerprint density at radius 3 is 2.54 bits per heavy atom. The molecule has 0 aromatic rings. The number of allylic oxidation sites excluding steroid dienone is 1. The Kier molecular flexibility index (Phi) is 5.44. The molecular weight excluding hydrogens is 164 g/mol. The molecular formula is C11H20O2. The minimum Gasteiger partial charge on any atom is -0.469 e. The third-order valence-corrected chi connectivity index (χ3v) is 2.20. The van der Waals surface area contributed by atoms with Gasteiger partial charge in [-0.15, -0.1) is 6.58 Å². The fourth-order valence-corrected chi connectivity index (χ4v) is 1.23. The zero-order chi connectivity index (χ0) is 10.3. The number of carbonyl (C=O) groups excluding carboxylic acids is 1. The highest BCUT2D eigenvalue weighted by atomic mass is 16.5. The molecule has 2 nitrogen and oxygen atoms in total. The molecule has 0 heterocycles. The molecule has 0 aromatic carbocycles. The van der Waals surface area contributed by atoms with Gasteiger partial charge in [0.05, 0.1) is 12.5 Å². The van der Waals surface area contributed by atoms with Crippen molar-refractivity contribution in [2.45, 2.75) is 39.5 Å². The molecule has 0 aromatic heterocycles. The second kappa shape index (κ2) is 5.79. The van der Waals surface area contributed by atoms with E-state index in [0.29, 0.717) is 0 Å². The molecule has 0 N–H and O–H groups in total. The van der Waals surface area contributed by atoms with Crippen molar-refractivity contribution in [3.8, 4) is 0 Å². The van der Waals surface area contributed by atoms with Gasteiger partial charge < -0.3 is 4.74 Å². The van der Waals surface area contributed by atoms with Crippen molar-refractivity contribution in [1.82, 2.24) is 0 Å². The number of ether oxygens (including phenoxy) is 1. The van der Waals surface area contributed by atoms with Crippen LogP contribution in [-0.4, -0.2) is 13.1 Å². The smallest absolute Gasteiger partial charge is 0.311 e. The van der Waals surface area contributed by atoms with Gasteiger partial charge in [-0.3, -0.25) is 4.79 Å². The molecule has 0 saturated carbocycles. The lowest BCUT2D eigenvalue weighted by molar-refractivity contribution is -0.151. The van der Waals surface area contributed by atoms with E-state index in [0.717, 1.165) is 25.7 Å². The molecule has 2 heteroatoms. The molecule has 0 aliphatic carbocycles. The molecule has 0 radical (unpaired) electrons. The first-order valence-electron chi connectivity index (χ1n) is 4.74. The number of unbranched alkanes of at least 4 members (excludes halogenated alkanes) is 2. The first kappa shape index (κ1) is 12.2. The number of hydrogen-bond acceptors (Lipinski definition) is 2. The lowest BCUT2D eigenvalue weighted by Gasteiger charge is -2.20. The van der Waals surface area contributed by atoms with Gasteiger partial charge in [0.1, 0.15) is 0 Å². The standard InChI is InChI=1S/C11H20O2/c1-5-6-7-8-9-11(2,3)10(12)13-4/h5H,1,6-9H2,2-4H3. The Hall–Kier alpha value is -0.790. The molecule has 13 heavy (non-hydrogen) atoms. The molecule has 0 aliphatic heterocycles. The first-order valence-corrected chi connectivity index (χ1v) is 4.74. The summed E-state index contributed by atoms with van der Waals surface area (Å²) in [4.78, 5) is 11.3. The number of esters is 1. The minimum atomic E-state index is -0.337. The van der Waals surface area contributed by atoms with Crippen LogP contribution in [0.15, 0.2) is 12.7 Å². The molecule has 76 valence electrons. The van der Waals surface area contributed by atoms with Gasteiger partial charge in [0.2, 0.25) is 0 Å². The van der Waals surface area contributed by atoms with E-state index in [1.54, 1.807) is 0 Å². The number of hydrogen-bond donors (Lipinski definition) is 0. The van der Waals surface area contributed by atoms with Crippen LogP contribution in [0.2, 0.25) is 0 Å². The highest BCUT2D eigenvalue weighted by Crippen LogP contribution is 2.24. The molecule has 0 aliphatic rings. The third kappa shape index (κ3) is 4.71. The van der Waals surface area contributed by atoms with Gasteiger partial charge in [-0.25, -0.2) is 0 Å². The molecule has 0 bridgehead atoms. The van der Waals surface area contributed by atoms with E-state index >= 15 is 0 Å². The monoisotopic (exact) mass is 184 g/mol. The fraction of sp³-hybridized carbons (Fsp3) is 0.727. The number of rotatable bonds is 6. The zero-order valence-corrected chi connectivity index (χ0v) is 8.93. The van der Waals surface area contributed by atoms with Crippen molar-refractivity contribution < 1.29 is 9.53 Å². The first-order chi connectivity index (χ1) is 6.04. The second-order valence-corrected chi connectivity index (χ2v) is 3.91. The van der Waals surface area contributed by atoms with Crippen LogP contribution in [0.3, 0.4) is 0 Å². The Balaban J connectivity index is 3.75. The van der Waals surface area contributed by atoms with Crippen LogP contribution < -0.4 is 0 Å². The van der Waals surface area contributed by atoms with Crippen molar-refractivity contribution >= 4 is 5.97 Å². The van der Waals surface area contributed by atoms with Gasteiger partial charge >= 0.3 is 5.97 Å². The van der Waals surface area contributed by atoms with Crippen LogP contribution in [0, 0.1) is 5.41 Å². The molecule has 0 atom stereocenters. The van der Waals surface area contributed by atoms with Crippen LogP contribution in [-0.2, 0) is 9.53 Å². The maximum Gasteiger partial charge on any atom is 0.311 e. The Bertz CT molecular complexity index is 171. The third-order valence-electron chi connectivity index (χ3n) is 2.20. The Morgan fingerprint density at radius 2 is 2.08 bits per heavy atom. The van der Waals surface area contributed by atoms with Crippen LogP contribution in [0.4, 0.5) is 0 Å². The topological polar surface area (TPSA) is 26.3 Å². The summed E-state index contributed by atoms with van der Waals surface area (Å²) in [7, 11) is 1.44. The second-order valence-electron chi connectivity index (χ2n) is 3.91. The summed E-state index contributed by atoms with van der Waals surface area (Å²) >= 11 is 0. The van der Waals surface area contributed by atoms with Crippen LogP contribution in [0.1, 0.15) is 39.5 Å². The predicted octanol–water partition coefficient (Wildman–Crippen LogP) is 2.93. The average molecular weight is 184 g/mol. The van der Waals surface area contributed by atoms with Gasteiger partial charge in [-0.1, -0.05) is 12.5 Å². The molecule has 0 spiro atoms. The number of carbonyl (C=O) groups is 1. The number of methoxy groups -OCH3 is 1. The summed E-state index contributed by atoms with van der Waals surface area (Å²) in [6.45, 7) is 7.50. The molecule has 0 fully saturated rings. The lowest BCUT2D eigenvalue weighted by Crippen LogP contribution is -2.25. The van der Waals surface area contributed by atoms with Crippen LogP contribution >= 0.6 is 0 Å². The highest BCUT2D eigenvalue weighted by molar-refractivity contribution is 5.75. The van der Waals surface area contributed by atoms with Crippen molar-refractivity contribution in [3.63, 3.8) is 0 Å². The van der Waals surface area contributed by atoms with E-state index in [1.165, 1.54) is 7.11 Å². The summed E-state index contributed by atoms with van der Waals surface area (Å²) in [5, 5.41) is 0. The van der Waals surface area contributed by atoms with Crippen molar-refractivity contribution in [3.05, 3.63) is 12.7 Å².